The number of H-pyrrole nitrogens is 1. The molecule has 7 nitrogen and oxygen atoms in total. The molecule has 0 saturated heterocycles. The highest BCUT2D eigenvalue weighted by molar-refractivity contribution is 6.03. The van der Waals surface area contributed by atoms with Gasteiger partial charge in [0.15, 0.2) is 11.5 Å². The van der Waals surface area contributed by atoms with Crippen molar-refractivity contribution >= 4 is 11.9 Å². The molecule has 0 unspecified atom stereocenters. The zero-order valence-electron chi connectivity index (χ0n) is 10.3. The Balaban J connectivity index is 1.80. The average Bonchev–Trinajstić information content (AvgIpc) is 2.83. The maximum Gasteiger partial charge on any atom is 0.258 e. The van der Waals surface area contributed by atoms with Gasteiger partial charge in [0.05, 0.1) is 0 Å². The molecular formula is C12H12N4O3. The van der Waals surface area contributed by atoms with Gasteiger partial charge in [-0.05, 0) is 25.1 Å². The summed E-state index contributed by atoms with van der Waals surface area (Å²) in [6.07, 6.45) is 0. The molecule has 19 heavy (non-hydrogen) atoms. The fraction of sp³-hybridized carbons (Fsp3) is 0.250. The quantitative estimate of drug-likeness (QED) is 0.845. The second-order valence-corrected chi connectivity index (χ2v) is 4.06. The fourth-order valence-corrected chi connectivity index (χ4v) is 1.76. The molecule has 0 saturated carbocycles. The van der Waals surface area contributed by atoms with Gasteiger partial charge in [-0.1, -0.05) is 0 Å². The van der Waals surface area contributed by atoms with E-state index < -0.39 is 0 Å². The molecule has 0 radical (unpaired) electrons. The van der Waals surface area contributed by atoms with Crippen molar-refractivity contribution in [1.82, 2.24) is 15.2 Å². The van der Waals surface area contributed by atoms with Gasteiger partial charge >= 0.3 is 0 Å². The van der Waals surface area contributed by atoms with E-state index in [1.54, 1.807) is 25.1 Å². The van der Waals surface area contributed by atoms with E-state index in [0.29, 0.717) is 36.1 Å². The monoisotopic (exact) mass is 260 g/mol. The lowest BCUT2D eigenvalue weighted by molar-refractivity contribution is 0.102. The van der Waals surface area contributed by atoms with Crippen molar-refractivity contribution in [2.24, 2.45) is 0 Å². The minimum Gasteiger partial charge on any atom is -0.486 e. The van der Waals surface area contributed by atoms with Gasteiger partial charge in [-0.25, -0.2) is 0 Å². The number of hydrogen-bond donors (Lipinski definition) is 2. The number of ether oxygens (including phenoxy) is 2. The number of anilines is 1. The maximum absolute atomic E-state index is 12.0. The number of nitrogens with zero attached hydrogens (tertiary/aromatic N) is 2. The van der Waals surface area contributed by atoms with Gasteiger partial charge in [0.2, 0.25) is 5.95 Å². The number of carbonyl (C=O) groups excluding carboxylic acids is 1. The summed E-state index contributed by atoms with van der Waals surface area (Å²) in [4.78, 5) is 16.0. The van der Waals surface area contributed by atoms with Crippen molar-refractivity contribution in [3.8, 4) is 11.5 Å². The average molecular weight is 260 g/mol. The third-order valence-corrected chi connectivity index (χ3v) is 2.63. The van der Waals surface area contributed by atoms with Crippen LogP contribution in [-0.4, -0.2) is 34.3 Å². The highest BCUT2D eigenvalue weighted by Gasteiger charge is 2.15. The molecule has 1 aliphatic heterocycles. The molecule has 7 heteroatoms. The lowest BCUT2D eigenvalue weighted by Gasteiger charge is -2.18. The first-order valence-corrected chi connectivity index (χ1v) is 5.82. The lowest BCUT2D eigenvalue weighted by atomic mass is 10.2. The second kappa shape index (κ2) is 4.60. The molecule has 0 atom stereocenters. The summed E-state index contributed by atoms with van der Waals surface area (Å²) in [6, 6.07) is 5.03. The summed E-state index contributed by atoms with van der Waals surface area (Å²) in [5.74, 6) is 1.81. The van der Waals surface area contributed by atoms with Crippen molar-refractivity contribution in [2.45, 2.75) is 6.92 Å². The number of amides is 1. The van der Waals surface area contributed by atoms with E-state index in [1.165, 1.54) is 0 Å². The van der Waals surface area contributed by atoms with Crippen LogP contribution in [0.4, 0.5) is 5.95 Å². The van der Waals surface area contributed by atoms with E-state index in [9.17, 15) is 4.79 Å². The molecule has 0 aliphatic carbocycles. The summed E-state index contributed by atoms with van der Waals surface area (Å²) >= 11 is 0. The molecule has 1 amide bonds. The summed E-state index contributed by atoms with van der Waals surface area (Å²) in [7, 11) is 0. The summed E-state index contributed by atoms with van der Waals surface area (Å²) in [5, 5.41) is 9.10. The Morgan fingerprint density at radius 2 is 2.11 bits per heavy atom. The van der Waals surface area contributed by atoms with Crippen LogP contribution in [0.3, 0.4) is 0 Å². The molecule has 2 heterocycles. The van der Waals surface area contributed by atoms with Crippen molar-refractivity contribution < 1.29 is 14.3 Å². The number of aromatic amines is 1. The van der Waals surface area contributed by atoms with E-state index in [1.807, 2.05) is 0 Å². The topological polar surface area (TPSA) is 89.1 Å². The number of aromatic nitrogens is 3. The van der Waals surface area contributed by atoms with Crippen LogP contribution in [0.5, 0.6) is 11.5 Å². The van der Waals surface area contributed by atoms with Crippen molar-refractivity contribution in [3.05, 3.63) is 29.6 Å². The molecule has 0 spiro atoms. The zero-order valence-corrected chi connectivity index (χ0v) is 10.3. The Labute approximate surface area is 108 Å². The minimum absolute atomic E-state index is 0.248. The van der Waals surface area contributed by atoms with Crippen LogP contribution in [0.1, 0.15) is 16.2 Å². The highest BCUT2D eigenvalue weighted by Crippen LogP contribution is 2.30. The first kappa shape index (κ1) is 11.5. The summed E-state index contributed by atoms with van der Waals surface area (Å²) in [5.41, 5.74) is 0.465. The van der Waals surface area contributed by atoms with E-state index in [2.05, 4.69) is 20.5 Å². The molecule has 1 aromatic heterocycles. The Morgan fingerprint density at radius 1 is 1.32 bits per heavy atom. The first-order valence-electron chi connectivity index (χ1n) is 5.82. The van der Waals surface area contributed by atoms with Gasteiger partial charge in [0.1, 0.15) is 19.0 Å². The Kier molecular flexibility index (Phi) is 2.79. The van der Waals surface area contributed by atoms with E-state index >= 15 is 0 Å². The normalized spacial score (nSPS) is 13.1. The number of nitrogens with one attached hydrogen (secondary N) is 2. The number of aryl methyl sites for hydroxylation is 1. The maximum atomic E-state index is 12.0. The van der Waals surface area contributed by atoms with Gasteiger partial charge in [-0.15, -0.1) is 5.10 Å². The smallest absolute Gasteiger partial charge is 0.258 e. The largest absolute Gasteiger partial charge is 0.486 e. The fourth-order valence-electron chi connectivity index (χ4n) is 1.76. The summed E-state index contributed by atoms with van der Waals surface area (Å²) in [6.45, 7) is 2.76. The van der Waals surface area contributed by atoms with Crippen LogP contribution in [0.2, 0.25) is 0 Å². The molecule has 2 aromatic rings. The molecule has 2 N–H and O–H groups in total. The van der Waals surface area contributed by atoms with Gasteiger partial charge < -0.3 is 9.47 Å². The van der Waals surface area contributed by atoms with Crippen LogP contribution >= 0.6 is 0 Å². The van der Waals surface area contributed by atoms with Crippen molar-refractivity contribution in [1.29, 1.82) is 0 Å². The Morgan fingerprint density at radius 3 is 2.84 bits per heavy atom. The van der Waals surface area contributed by atoms with Gasteiger partial charge in [0, 0.05) is 5.56 Å². The SMILES string of the molecule is Cc1nc(NC(=O)c2ccc3c(c2)OCCO3)n[nH]1. The van der Waals surface area contributed by atoms with Crippen LogP contribution in [0, 0.1) is 6.92 Å². The van der Waals surface area contributed by atoms with Crippen LogP contribution in [0.15, 0.2) is 18.2 Å². The van der Waals surface area contributed by atoms with Gasteiger partial charge in [-0.3, -0.25) is 15.2 Å². The van der Waals surface area contributed by atoms with Gasteiger partial charge in [0.25, 0.3) is 5.91 Å². The van der Waals surface area contributed by atoms with Crippen LogP contribution in [-0.2, 0) is 0 Å². The van der Waals surface area contributed by atoms with E-state index in [0.717, 1.165) is 0 Å². The molecule has 98 valence electrons. The Hall–Kier alpha value is -2.57. The highest BCUT2D eigenvalue weighted by atomic mass is 16.6. The number of carbonyl (C=O) groups is 1. The third kappa shape index (κ3) is 2.35. The van der Waals surface area contributed by atoms with Crippen LogP contribution < -0.4 is 14.8 Å². The molecule has 0 fully saturated rings. The van der Waals surface area contributed by atoms with E-state index in [-0.39, 0.29) is 11.9 Å². The first-order chi connectivity index (χ1) is 9.22. The number of hydrogen-bond acceptors (Lipinski definition) is 5. The number of rotatable bonds is 2. The molecule has 1 aromatic carbocycles. The minimum atomic E-state index is -0.295. The van der Waals surface area contributed by atoms with E-state index in [4.69, 9.17) is 9.47 Å². The third-order valence-electron chi connectivity index (χ3n) is 2.63. The lowest BCUT2D eigenvalue weighted by Crippen LogP contribution is -2.17. The van der Waals surface area contributed by atoms with Crippen molar-refractivity contribution in [3.63, 3.8) is 0 Å². The predicted molar refractivity (Wildman–Crippen MR) is 66.5 cm³/mol. The summed E-state index contributed by atoms with van der Waals surface area (Å²) < 4.78 is 10.8. The Bertz CT molecular complexity index is 623. The zero-order chi connectivity index (χ0) is 13.2. The van der Waals surface area contributed by atoms with Crippen molar-refractivity contribution in [2.75, 3.05) is 18.5 Å². The molecule has 0 bridgehead atoms. The van der Waals surface area contributed by atoms with Crippen LogP contribution in [0.25, 0.3) is 0 Å². The molecule has 1 aliphatic rings. The standard InChI is InChI=1S/C12H12N4O3/c1-7-13-12(16-15-7)14-11(17)8-2-3-9-10(6-8)19-5-4-18-9/h2-3,6H,4-5H2,1H3,(H2,13,14,15,16,17). The molecular weight excluding hydrogens is 248 g/mol. The second-order valence-electron chi connectivity index (χ2n) is 4.06. The van der Waals surface area contributed by atoms with Gasteiger partial charge in [-0.2, -0.15) is 4.98 Å². The predicted octanol–water partition coefficient (Wildman–Crippen LogP) is 1.14. The molecule has 3 rings (SSSR count). The number of benzene rings is 1. The number of fused-ring (bicyclic) bond motifs is 1.